The number of rotatable bonds is 1. The Kier molecular flexibility index (Phi) is 3.23. The van der Waals surface area contributed by atoms with Crippen LogP contribution in [-0.2, 0) is 10.3 Å². The molecule has 0 aromatic heterocycles. The van der Waals surface area contributed by atoms with Crippen LogP contribution in [0.1, 0.15) is 21.5 Å². The Morgan fingerprint density at radius 2 is 1.87 bits per heavy atom. The highest BCUT2D eigenvalue weighted by Gasteiger charge is 2.61. The molecule has 3 nitrogen and oxygen atoms in total. The van der Waals surface area contributed by atoms with Gasteiger partial charge < -0.3 is 9.84 Å². The third kappa shape index (κ3) is 1.96. The lowest BCUT2D eigenvalue weighted by molar-refractivity contribution is -0.246. The largest absolute Gasteiger partial charge is 0.465 e. The molecule has 1 N–H and O–H groups in total. The molecule has 0 amide bonds. The van der Waals surface area contributed by atoms with Crippen molar-refractivity contribution in [1.29, 1.82) is 0 Å². The summed E-state index contributed by atoms with van der Waals surface area (Å²) in [6.45, 7) is 0. The molecule has 1 aliphatic carbocycles. The molecule has 0 radical (unpaired) electrons. The molecule has 23 heavy (non-hydrogen) atoms. The summed E-state index contributed by atoms with van der Waals surface area (Å²) in [4.78, 5) is 11.9. The van der Waals surface area contributed by atoms with Crippen LogP contribution in [0.15, 0.2) is 36.4 Å². The van der Waals surface area contributed by atoms with Gasteiger partial charge in [-0.25, -0.2) is 9.18 Å². The number of halogens is 4. The van der Waals surface area contributed by atoms with E-state index in [1.807, 2.05) is 0 Å². The molecule has 3 rings (SSSR count). The van der Waals surface area contributed by atoms with Crippen molar-refractivity contribution < 1.29 is 32.2 Å². The maximum absolute atomic E-state index is 13.6. The Morgan fingerprint density at radius 3 is 2.48 bits per heavy atom. The quantitative estimate of drug-likeness (QED) is 0.645. The van der Waals surface area contributed by atoms with Crippen molar-refractivity contribution in [1.82, 2.24) is 0 Å². The van der Waals surface area contributed by atoms with Crippen molar-refractivity contribution in [2.45, 2.75) is 11.8 Å². The molecule has 0 spiro atoms. The van der Waals surface area contributed by atoms with E-state index in [1.165, 1.54) is 12.1 Å². The fourth-order valence-electron chi connectivity index (χ4n) is 2.91. The Labute approximate surface area is 128 Å². The molecule has 1 atom stereocenters. The number of aliphatic hydroxyl groups is 1. The maximum atomic E-state index is 13.6. The normalized spacial score (nSPS) is 19.2. The first-order chi connectivity index (χ1) is 10.7. The minimum atomic E-state index is -5.09. The van der Waals surface area contributed by atoms with Gasteiger partial charge in [-0.05, 0) is 23.8 Å². The van der Waals surface area contributed by atoms with Crippen molar-refractivity contribution >= 4 is 5.97 Å². The van der Waals surface area contributed by atoms with E-state index in [0.29, 0.717) is 6.07 Å². The number of methoxy groups -OCH3 is 1. The zero-order valence-electron chi connectivity index (χ0n) is 11.7. The van der Waals surface area contributed by atoms with Gasteiger partial charge in [0.05, 0.1) is 12.7 Å². The van der Waals surface area contributed by atoms with Gasteiger partial charge in [0.2, 0.25) is 5.60 Å². The second-order valence-electron chi connectivity index (χ2n) is 5.12. The molecule has 2 aromatic rings. The minimum absolute atomic E-state index is 0.0535. The van der Waals surface area contributed by atoms with E-state index in [-0.39, 0.29) is 16.7 Å². The van der Waals surface area contributed by atoms with Gasteiger partial charge in [-0.15, -0.1) is 0 Å². The summed E-state index contributed by atoms with van der Waals surface area (Å²) in [5, 5.41) is 10.4. The Balaban J connectivity index is 2.44. The molecule has 1 aliphatic rings. The number of hydrogen-bond acceptors (Lipinski definition) is 3. The highest BCUT2D eigenvalue weighted by Crippen LogP contribution is 2.55. The van der Waals surface area contributed by atoms with Crippen molar-refractivity contribution in [3.05, 3.63) is 58.9 Å². The first-order valence-electron chi connectivity index (χ1n) is 6.53. The summed E-state index contributed by atoms with van der Waals surface area (Å²) in [6.07, 6.45) is -5.09. The molecule has 0 aliphatic heterocycles. The molecule has 0 saturated carbocycles. The number of alkyl halides is 3. The maximum Gasteiger partial charge on any atom is 0.425 e. The van der Waals surface area contributed by atoms with E-state index in [4.69, 9.17) is 0 Å². The van der Waals surface area contributed by atoms with Crippen LogP contribution in [0.25, 0.3) is 11.1 Å². The van der Waals surface area contributed by atoms with Gasteiger partial charge in [-0.1, -0.05) is 18.2 Å². The average molecular weight is 326 g/mol. The summed E-state index contributed by atoms with van der Waals surface area (Å²) < 4.78 is 58.7. The van der Waals surface area contributed by atoms with E-state index in [1.54, 1.807) is 0 Å². The third-order valence-electron chi connectivity index (χ3n) is 3.91. The minimum Gasteiger partial charge on any atom is -0.465 e. The summed E-state index contributed by atoms with van der Waals surface area (Å²) >= 11 is 0. The summed E-state index contributed by atoms with van der Waals surface area (Å²) in [5.41, 5.74) is -4.83. The molecule has 0 fully saturated rings. The van der Waals surface area contributed by atoms with Gasteiger partial charge in [-0.3, -0.25) is 0 Å². The Morgan fingerprint density at radius 1 is 1.17 bits per heavy atom. The number of carbonyl (C=O) groups excluding carboxylic acids is 1. The molecular weight excluding hydrogens is 316 g/mol. The fraction of sp³-hybridized carbons (Fsp3) is 0.188. The topological polar surface area (TPSA) is 46.5 Å². The zero-order valence-corrected chi connectivity index (χ0v) is 11.7. The molecule has 7 heteroatoms. The highest BCUT2D eigenvalue weighted by molar-refractivity contribution is 6.01. The number of esters is 1. The summed E-state index contributed by atoms with van der Waals surface area (Å²) in [6, 6.07) is 6.28. The molecule has 2 aromatic carbocycles. The zero-order chi connectivity index (χ0) is 17.0. The van der Waals surface area contributed by atoms with Crippen molar-refractivity contribution in [3.63, 3.8) is 0 Å². The van der Waals surface area contributed by atoms with Gasteiger partial charge in [-0.2, -0.15) is 13.2 Å². The van der Waals surface area contributed by atoms with Crippen LogP contribution in [0.2, 0.25) is 0 Å². The smallest absolute Gasteiger partial charge is 0.425 e. The lowest BCUT2D eigenvalue weighted by atomic mass is 9.90. The van der Waals surface area contributed by atoms with E-state index >= 15 is 0 Å². The van der Waals surface area contributed by atoms with Crippen molar-refractivity contribution in [3.8, 4) is 11.1 Å². The second kappa shape index (κ2) is 4.79. The lowest BCUT2D eigenvalue weighted by Gasteiger charge is -2.28. The first kappa shape index (κ1) is 15.5. The molecule has 0 bridgehead atoms. The number of benzene rings is 2. The van der Waals surface area contributed by atoms with Crippen LogP contribution in [0.4, 0.5) is 17.6 Å². The van der Waals surface area contributed by atoms with E-state index in [0.717, 1.165) is 25.3 Å². The molecule has 1 unspecified atom stereocenters. The Bertz CT molecular complexity index is 813. The van der Waals surface area contributed by atoms with Gasteiger partial charge >= 0.3 is 12.1 Å². The number of hydrogen-bond donors (Lipinski definition) is 1. The molecular formula is C16H10F4O3. The van der Waals surface area contributed by atoms with Crippen LogP contribution in [0.5, 0.6) is 0 Å². The van der Waals surface area contributed by atoms with Crippen molar-refractivity contribution in [2.24, 2.45) is 0 Å². The monoisotopic (exact) mass is 326 g/mol. The van der Waals surface area contributed by atoms with Crippen LogP contribution >= 0.6 is 0 Å². The van der Waals surface area contributed by atoms with Gasteiger partial charge in [0, 0.05) is 16.7 Å². The van der Waals surface area contributed by atoms with E-state index in [9.17, 15) is 27.5 Å². The Hall–Kier alpha value is -2.41. The van der Waals surface area contributed by atoms with Crippen LogP contribution in [0, 0.1) is 5.82 Å². The predicted octanol–water partition coefficient (Wildman–Crippen LogP) is 3.39. The molecule has 0 saturated heterocycles. The van der Waals surface area contributed by atoms with Crippen LogP contribution in [0.3, 0.4) is 0 Å². The number of ether oxygens (including phenoxy) is 1. The SMILES string of the molecule is COC(=O)c1cccc2c1-c1ccc(F)cc1C2(O)C(F)(F)F. The van der Waals surface area contributed by atoms with Crippen molar-refractivity contribution in [2.75, 3.05) is 7.11 Å². The standard InChI is InChI=1S/C16H10F4O3/c1-23-14(21)10-3-2-4-11-13(10)9-6-5-8(17)7-12(9)15(11,22)16(18,19)20/h2-7,22H,1H3. The van der Waals surface area contributed by atoms with Gasteiger partial charge in [0.15, 0.2) is 0 Å². The molecule has 120 valence electrons. The highest BCUT2D eigenvalue weighted by atomic mass is 19.4. The van der Waals surface area contributed by atoms with E-state index < -0.39 is 34.7 Å². The first-order valence-corrected chi connectivity index (χ1v) is 6.53. The third-order valence-corrected chi connectivity index (χ3v) is 3.91. The average Bonchev–Trinajstić information content (AvgIpc) is 2.76. The number of fused-ring (bicyclic) bond motifs is 3. The number of carbonyl (C=O) groups is 1. The summed E-state index contributed by atoms with van der Waals surface area (Å²) in [5.74, 6) is -1.76. The van der Waals surface area contributed by atoms with E-state index in [2.05, 4.69) is 4.74 Å². The van der Waals surface area contributed by atoms with Crippen LogP contribution < -0.4 is 0 Å². The summed E-state index contributed by atoms with van der Waals surface area (Å²) in [7, 11) is 1.10. The van der Waals surface area contributed by atoms with Crippen LogP contribution in [-0.4, -0.2) is 24.4 Å². The fourth-order valence-corrected chi connectivity index (χ4v) is 2.91. The van der Waals surface area contributed by atoms with Gasteiger partial charge in [0.1, 0.15) is 5.82 Å². The predicted molar refractivity (Wildman–Crippen MR) is 72.2 cm³/mol. The second-order valence-corrected chi connectivity index (χ2v) is 5.12. The lowest BCUT2D eigenvalue weighted by Crippen LogP contribution is -2.41. The molecule has 0 heterocycles. The van der Waals surface area contributed by atoms with Gasteiger partial charge in [0.25, 0.3) is 0 Å².